The summed E-state index contributed by atoms with van der Waals surface area (Å²) in [5.41, 5.74) is 5.14. The molecule has 0 atom stereocenters. The molecule has 15 heavy (non-hydrogen) atoms. The molecule has 0 heterocycles. The summed E-state index contributed by atoms with van der Waals surface area (Å²) in [6.07, 6.45) is 0. The van der Waals surface area contributed by atoms with Crippen molar-refractivity contribution in [2.45, 2.75) is 0 Å². The maximum atomic E-state index is 11.5. The monoisotopic (exact) mass is 253 g/mol. The minimum Gasteiger partial charge on any atom is -0.392 e. The Balaban J connectivity index is 4.51. The van der Waals surface area contributed by atoms with E-state index in [0.717, 1.165) is 4.31 Å². The van der Waals surface area contributed by atoms with E-state index in [0.29, 0.717) is 0 Å². The number of amides is 1. The fraction of sp³-hybridized carbons (Fsp3) is 0.714. The van der Waals surface area contributed by atoms with Gasteiger partial charge >= 0.3 is 0 Å². The average Bonchev–Trinajstić information content (AvgIpc) is 2.01. The SMILES string of the molecule is CN(C)C(=O)CN(C)S(=O)(=O)CC(N)=S. The number of hydrogen-bond acceptors (Lipinski definition) is 4. The first-order valence-electron chi connectivity index (χ1n) is 4.09. The Hall–Kier alpha value is -0.730. The van der Waals surface area contributed by atoms with Crippen molar-refractivity contribution in [2.75, 3.05) is 33.4 Å². The van der Waals surface area contributed by atoms with Crippen LogP contribution in [0.15, 0.2) is 0 Å². The first-order valence-corrected chi connectivity index (χ1v) is 6.11. The molecule has 0 unspecified atom stereocenters. The molecule has 0 bridgehead atoms. The third kappa shape index (κ3) is 5.05. The zero-order chi connectivity index (χ0) is 12.2. The van der Waals surface area contributed by atoms with Crippen LogP contribution < -0.4 is 5.73 Å². The Kier molecular flexibility index (Phi) is 5.12. The lowest BCUT2D eigenvalue weighted by atomic mass is 10.5. The molecule has 8 heteroatoms. The Morgan fingerprint density at radius 2 is 1.80 bits per heavy atom. The lowest BCUT2D eigenvalue weighted by molar-refractivity contribution is -0.128. The van der Waals surface area contributed by atoms with Gasteiger partial charge in [0, 0.05) is 21.1 Å². The molecule has 1 amide bonds. The quantitative estimate of drug-likeness (QED) is 0.611. The normalized spacial score (nSPS) is 11.5. The van der Waals surface area contributed by atoms with Gasteiger partial charge in [0.05, 0.1) is 11.5 Å². The maximum absolute atomic E-state index is 11.5. The standard InChI is InChI=1S/C7H15N3O3S2/c1-9(2)7(11)4-10(3)15(12,13)5-6(8)14/h4-5H2,1-3H3,(H2,8,14). The molecular weight excluding hydrogens is 238 g/mol. The van der Waals surface area contributed by atoms with E-state index in [2.05, 4.69) is 12.2 Å². The van der Waals surface area contributed by atoms with Gasteiger partial charge in [0.1, 0.15) is 5.75 Å². The van der Waals surface area contributed by atoms with Crippen molar-refractivity contribution in [1.29, 1.82) is 0 Å². The zero-order valence-electron chi connectivity index (χ0n) is 8.93. The van der Waals surface area contributed by atoms with Crippen molar-refractivity contribution >= 4 is 33.1 Å². The van der Waals surface area contributed by atoms with Gasteiger partial charge in [0.25, 0.3) is 0 Å². The van der Waals surface area contributed by atoms with Gasteiger partial charge in [0.2, 0.25) is 15.9 Å². The summed E-state index contributed by atoms with van der Waals surface area (Å²) >= 11 is 4.50. The molecule has 0 radical (unpaired) electrons. The van der Waals surface area contributed by atoms with Crippen LogP contribution in [0.2, 0.25) is 0 Å². The van der Waals surface area contributed by atoms with E-state index < -0.39 is 15.8 Å². The third-order valence-corrected chi connectivity index (χ3v) is 3.74. The fourth-order valence-electron chi connectivity index (χ4n) is 0.720. The molecule has 0 rings (SSSR count). The van der Waals surface area contributed by atoms with Crippen molar-refractivity contribution in [2.24, 2.45) is 5.73 Å². The second kappa shape index (κ2) is 5.38. The van der Waals surface area contributed by atoms with E-state index in [1.54, 1.807) is 14.1 Å². The Morgan fingerprint density at radius 3 is 2.13 bits per heavy atom. The van der Waals surface area contributed by atoms with Crippen LogP contribution in [0, 0.1) is 0 Å². The van der Waals surface area contributed by atoms with Crippen LogP contribution in [0.1, 0.15) is 0 Å². The minimum absolute atomic E-state index is 0.112. The second-order valence-electron chi connectivity index (χ2n) is 3.27. The molecule has 0 spiro atoms. The van der Waals surface area contributed by atoms with Crippen molar-refractivity contribution in [3.8, 4) is 0 Å². The van der Waals surface area contributed by atoms with Crippen LogP contribution in [0.3, 0.4) is 0 Å². The minimum atomic E-state index is -3.57. The van der Waals surface area contributed by atoms with Gasteiger partial charge in [-0.15, -0.1) is 0 Å². The number of nitrogens with two attached hydrogens (primary N) is 1. The number of nitrogens with zero attached hydrogens (tertiary/aromatic N) is 2. The number of carbonyl (C=O) groups is 1. The Bertz CT molecular complexity index is 350. The number of likely N-dealkylation sites (N-methyl/N-ethyl adjacent to an activating group) is 2. The van der Waals surface area contributed by atoms with Gasteiger partial charge in [-0.05, 0) is 0 Å². The summed E-state index contributed by atoms with van der Waals surface area (Å²) < 4.78 is 23.9. The second-order valence-corrected chi connectivity index (χ2v) is 5.87. The largest absolute Gasteiger partial charge is 0.392 e. The predicted molar refractivity (Wildman–Crippen MR) is 61.9 cm³/mol. The highest BCUT2D eigenvalue weighted by Gasteiger charge is 2.21. The van der Waals surface area contributed by atoms with E-state index in [1.165, 1.54) is 11.9 Å². The maximum Gasteiger partial charge on any atom is 0.237 e. The van der Waals surface area contributed by atoms with Crippen molar-refractivity contribution in [3.05, 3.63) is 0 Å². The van der Waals surface area contributed by atoms with E-state index in [-0.39, 0.29) is 17.4 Å². The van der Waals surface area contributed by atoms with Crippen molar-refractivity contribution in [1.82, 2.24) is 9.21 Å². The lowest BCUT2D eigenvalue weighted by Crippen LogP contribution is -2.40. The number of sulfonamides is 1. The number of carbonyl (C=O) groups excluding carboxylic acids is 1. The molecule has 2 N–H and O–H groups in total. The number of thiocarbonyl (C=S) groups is 1. The van der Waals surface area contributed by atoms with Gasteiger partial charge in [-0.3, -0.25) is 4.79 Å². The van der Waals surface area contributed by atoms with Crippen molar-refractivity contribution in [3.63, 3.8) is 0 Å². The smallest absolute Gasteiger partial charge is 0.237 e. The summed E-state index contributed by atoms with van der Waals surface area (Å²) in [5.74, 6) is -0.719. The van der Waals surface area contributed by atoms with Gasteiger partial charge in [-0.2, -0.15) is 4.31 Å². The van der Waals surface area contributed by atoms with E-state index >= 15 is 0 Å². The van der Waals surface area contributed by atoms with E-state index in [1.807, 2.05) is 0 Å². The molecule has 0 saturated carbocycles. The molecule has 6 nitrogen and oxygen atoms in total. The number of hydrogen-bond donors (Lipinski definition) is 1. The summed E-state index contributed by atoms with van der Waals surface area (Å²) in [6, 6.07) is 0. The highest BCUT2D eigenvalue weighted by molar-refractivity contribution is 7.92. The van der Waals surface area contributed by atoms with Crippen molar-refractivity contribution < 1.29 is 13.2 Å². The predicted octanol–water partition coefficient (Wildman–Crippen LogP) is -1.38. The lowest BCUT2D eigenvalue weighted by Gasteiger charge is -2.18. The van der Waals surface area contributed by atoms with Gasteiger partial charge in [0.15, 0.2) is 0 Å². The highest BCUT2D eigenvalue weighted by Crippen LogP contribution is 1.98. The number of rotatable bonds is 5. The van der Waals surface area contributed by atoms with Crippen LogP contribution in [0.25, 0.3) is 0 Å². The Labute approximate surface area is 95.1 Å². The zero-order valence-corrected chi connectivity index (χ0v) is 10.6. The van der Waals surface area contributed by atoms with Gasteiger partial charge in [-0.1, -0.05) is 12.2 Å². The molecule has 0 saturated heterocycles. The molecule has 0 aliphatic rings. The van der Waals surface area contributed by atoms with Crippen LogP contribution in [-0.2, 0) is 14.8 Å². The summed E-state index contributed by atoms with van der Waals surface area (Å²) in [4.78, 5) is 12.4. The molecule has 0 aromatic heterocycles. The highest BCUT2D eigenvalue weighted by atomic mass is 32.2. The molecule has 0 aliphatic heterocycles. The first-order chi connectivity index (χ1) is 6.66. The molecule has 0 aromatic carbocycles. The van der Waals surface area contributed by atoms with Crippen LogP contribution >= 0.6 is 12.2 Å². The Morgan fingerprint density at radius 1 is 1.33 bits per heavy atom. The van der Waals surface area contributed by atoms with E-state index in [4.69, 9.17) is 5.73 Å². The van der Waals surface area contributed by atoms with E-state index in [9.17, 15) is 13.2 Å². The van der Waals surface area contributed by atoms with Gasteiger partial charge < -0.3 is 10.6 Å². The molecule has 88 valence electrons. The molecule has 0 aliphatic carbocycles. The summed E-state index contributed by atoms with van der Waals surface area (Å²) in [7, 11) is 0.850. The molecular formula is C7H15N3O3S2. The third-order valence-electron chi connectivity index (χ3n) is 1.66. The molecule has 0 fully saturated rings. The van der Waals surface area contributed by atoms with Gasteiger partial charge in [-0.25, -0.2) is 8.42 Å². The van der Waals surface area contributed by atoms with Crippen LogP contribution in [0.4, 0.5) is 0 Å². The topological polar surface area (TPSA) is 83.7 Å². The summed E-state index contributed by atoms with van der Waals surface area (Å²) in [5, 5.41) is 0. The van der Waals surface area contributed by atoms with Crippen LogP contribution in [-0.4, -0.2) is 62.0 Å². The fourth-order valence-corrected chi connectivity index (χ4v) is 2.05. The van der Waals surface area contributed by atoms with Crippen LogP contribution in [0.5, 0.6) is 0 Å². The molecule has 0 aromatic rings. The average molecular weight is 253 g/mol. The summed E-state index contributed by atoms with van der Waals surface area (Å²) in [6.45, 7) is -0.210. The first kappa shape index (κ1) is 14.3.